The van der Waals surface area contributed by atoms with E-state index in [1.807, 2.05) is 6.07 Å². The molecular weight excluding hydrogens is 276 g/mol. The van der Waals surface area contributed by atoms with Crippen molar-refractivity contribution in [1.82, 2.24) is 4.72 Å². The summed E-state index contributed by atoms with van der Waals surface area (Å²) in [6.45, 7) is 0.935. The molecule has 0 radical (unpaired) electrons. The van der Waals surface area contributed by atoms with Crippen LogP contribution in [0.5, 0.6) is 0 Å². The van der Waals surface area contributed by atoms with E-state index in [0.29, 0.717) is 19.6 Å². The molecule has 96 valence electrons. The smallest absolute Gasteiger partial charge is 0.240 e. The molecule has 1 aromatic carbocycles. The average molecular weight is 287 g/mol. The predicted molar refractivity (Wildman–Crippen MR) is 65.7 cm³/mol. The standard InChI is InChI=1S/C11H11ClN2O3S/c12-11-5-10(2-1-8(11)6-13)18(15,16)14-9-3-4-17-7-9/h1-2,5,9,14H,3-4,7H2. The van der Waals surface area contributed by atoms with Crippen LogP contribution in [0, 0.1) is 11.3 Å². The first-order valence-electron chi connectivity index (χ1n) is 5.32. The van der Waals surface area contributed by atoms with Crippen LogP contribution < -0.4 is 4.72 Å². The topological polar surface area (TPSA) is 79.2 Å². The first-order chi connectivity index (χ1) is 8.53. The van der Waals surface area contributed by atoms with E-state index in [0.717, 1.165) is 0 Å². The van der Waals surface area contributed by atoms with Crippen LogP contribution in [-0.4, -0.2) is 27.7 Å². The number of benzene rings is 1. The highest BCUT2D eigenvalue weighted by atomic mass is 35.5. The summed E-state index contributed by atoms with van der Waals surface area (Å²) in [6.07, 6.45) is 0.656. The number of ether oxygens (including phenoxy) is 1. The van der Waals surface area contributed by atoms with Crippen LogP contribution in [0.4, 0.5) is 0 Å². The van der Waals surface area contributed by atoms with Crippen LogP contribution >= 0.6 is 11.6 Å². The highest BCUT2D eigenvalue weighted by Crippen LogP contribution is 2.20. The molecule has 1 aromatic rings. The van der Waals surface area contributed by atoms with Gasteiger partial charge >= 0.3 is 0 Å². The molecule has 1 atom stereocenters. The number of nitriles is 1. The van der Waals surface area contributed by atoms with E-state index >= 15 is 0 Å². The summed E-state index contributed by atoms with van der Waals surface area (Å²) in [5.74, 6) is 0. The molecule has 1 aliphatic heterocycles. The molecule has 1 heterocycles. The Morgan fingerprint density at radius 3 is 2.83 bits per heavy atom. The lowest BCUT2D eigenvalue weighted by Crippen LogP contribution is -2.35. The number of rotatable bonds is 3. The van der Waals surface area contributed by atoms with Crippen LogP contribution in [-0.2, 0) is 14.8 Å². The molecule has 7 heteroatoms. The van der Waals surface area contributed by atoms with Crippen LogP contribution in [0.15, 0.2) is 23.1 Å². The van der Waals surface area contributed by atoms with Gasteiger partial charge in [-0.05, 0) is 24.6 Å². The molecule has 0 bridgehead atoms. The Kier molecular flexibility index (Phi) is 3.88. The molecule has 0 aliphatic carbocycles. The summed E-state index contributed by atoms with van der Waals surface area (Å²) >= 11 is 5.81. The minimum atomic E-state index is -3.62. The van der Waals surface area contributed by atoms with Crippen LogP contribution in [0.25, 0.3) is 0 Å². The van der Waals surface area contributed by atoms with E-state index < -0.39 is 10.0 Å². The largest absolute Gasteiger partial charge is 0.380 e. The zero-order valence-corrected chi connectivity index (χ0v) is 11.0. The third kappa shape index (κ3) is 2.82. The van der Waals surface area contributed by atoms with Crippen molar-refractivity contribution in [3.05, 3.63) is 28.8 Å². The van der Waals surface area contributed by atoms with Crippen molar-refractivity contribution in [3.63, 3.8) is 0 Å². The summed E-state index contributed by atoms with van der Waals surface area (Å²) < 4.78 is 31.7. The fraction of sp³-hybridized carbons (Fsp3) is 0.364. The highest BCUT2D eigenvalue weighted by Gasteiger charge is 2.23. The highest BCUT2D eigenvalue weighted by molar-refractivity contribution is 7.89. The van der Waals surface area contributed by atoms with Gasteiger partial charge in [-0.2, -0.15) is 5.26 Å². The van der Waals surface area contributed by atoms with E-state index in [1.54, 1.807) is 0 Å². The molecule has 0 aromatic heterocycles. The number of hydrogen-bond donors (Lipinski definition) is 1. The number of nitrogens with zero attached hydrogens (tertiary/aromatic N) is 1. The van der Waals surface area contributed by atoms with E-state index in [4.69, 9.17) is 21.6 Å². The minimum Gasteiger partial charge on any atom is -0.380 e. The Morgan fingerprint density at radius 2 is 2.28 bits per heavy atom. The first kappa shape index (κ1) is 13.3. The monoisotopic (exact) mass is 286 g/mol. The summed E-state index contributed by atoms with van der Waals surface area (Å²) in [7, 11) is -3.62. The van der Waals surface area contributed by atoms with Gasteiger partial charge in [-0.25, -0.2) is 13.1 Å². The Bertz CT molecular complexity index is 589. The second-order valence-corrected chi connectivity index (χ2v) is 6.06. The zero-order chi connectivity index (χ0) is 13.2. The maximum absolute atomic E-state index is 12.0. The summed E-state index contributed by atoms with van der Waals surface area (Å²) in [4.78, 5) is 0.0541. The van der Waals surface area contributed by atoms with E-state index in [-0.39, 0.29) is 21.5 Å². The number of sulfonamides is 1. The van der Waals surface area contributed by atoms with Crippen molar-refractivity contribution in [2.45, 2.75) is 17.4 Å². The van der Waals surface area contributed by atoms with Gasteiger partial charge in [-0.3, -0.25) is 0 Å². The van der Waals surface area contributed by atoms with Gasteiger partial charge in [-0.1, -0.05) is 11.6 Å². The Labute approximate surface area is 110 Å². The van der Waals surface area contributed by atoms with Crippen molar-refractivity contribution < 1.29 is 13.2 Å². The summed E-state index contributed by atoms with van der Waals surface area (Å²) in [5.41, 5.74) is 0.250. The molecule has 0 spiro atoms. The lowest BCUT2D eigenvalue weighted by Gasteiger charge is -2.11. The average Bonchev–Trinajstić information content (AvgIpc) is 2.81. The number of hydrogen-bond acceptors (Lipinski definition) is 4. The first-order valence-corrected chi connectivity index (χ1v) is 7.19. The third-order valence-corrected chi connectivity index (χ3v) is 4.45. The van der Waals surface area contributed by atoms with Gasteiger partial charge in [0, 0.05) is 12.6 Å². The summed E-state index contributed by atoms with van der Waals surface area (Å²) in [6, 6.07) is 5.71. The van der Waals surface area contributed by atoms with E-state index in [2.05, 4.69) is 4.72 Å². The molecule has 1 aliphatic rings. The molecule has 1 N–H and O–H groups in total. The van der Waals surface area contributed by atoms with Crippen molar-refractivity contribution >= 4 is 21.6 Å². The molecule has 1 saturated heterocycles. The Balaban J connectivity index is 2.24. The Hall–Kier alpha value is -1.13. The maximum atomic E-state index is 12.0. The molecular formula is C11H11ClN2O3S. The zero-order valence-electron chi connectivity index (χ0n) is 9.39. The van der Waals surface area contributed by atoms with Gasteiger partial charge in [0.25, 0.3) is 0 Å². The van der Waals surface area contributed by atoms with Crippen molar-refractivity contribution in [1.29, 1.82) is 5.26 Å². The summed E-state index contributed by atoms with van der Waals surface area (Å²) in [5, 5.41) is 8.85. The van der Waals surface area contributed by atoms with Crippen molar-refractivity contribution in [2.24, 2.45) is 0 Å². The van der Waals surface area contributed by atoms with Gasteiger partial charge in [0.05, 0.1) is 22.1 Å². The van der Waals surface area contributed by atoms with Crippen molar-refractivity contribution in [2.75, 3.05) is 13.2 Å². The molecule has 5 nitrogen and oxygen atoms in total. The maximum Gasteiger partial charge on any atom is 0.240 e. The molecule has 0 amide bonds. The second kappa shape index (κ2) is 5.24. The van der Waals surface area contributed by atoms with Crippen LogP contribution in [0.1, 0.15) is 12.0 Å². The fourth-order valence-corrected chi connectivity index (χ4v) is 3.24. The molecule has 1 unspecified atom stereocenters. The lowest BCUT2D eigenvalue weighted by atomic mass is 10.2. The fourth-order valence-electron chi connectivity index (χ4n) is 1.67. The van der Waals surface area contributed by atoms with Crippen LogP contribution in [0.3, 0.4) is 0 Å². The van der Waals surface area contributed by atoms with Crippen LogP contribution in [0.2, 0.25) is 5.02 Å². The Morgan fingerprint density at radius 1 is 1.50 bits per heavy atom. The molecule has 2 rings (SSSR count). The number of nitrogens with one attached hydrogen (secondary N) is 1. The van der Waals surface area contributed by atoms with Gasteiger partial charge in [0.15, 0.2) is 0 Å². The number of halogens is 1. The van der Waals surface area contributed by atoms with Crippen molar-refractivity contribution in [3.8, 4) is 6.07 Å². The molecule has 18 heavy (non-hydrogen) atoms. The molecule has 1 fully saturated rings. The quantitative estimate of drug-likeness (QED) is 0.908. The second-order valence-electron chi connectivity index (χ2n) is 3.94. The molecule has 0 saturated carbocycles. The van der Waals surface area contributed by atoms with E-state index in [9.17, 15) is 8.42 Å². The van der Waals surface area contributed by atoms with Gasteiger partial charge in [0.1, 0.15) is 6.07 Å². The van der Waals surface area contributed by atoms with Gasteiger partial charge in [0.2, 0.25) is 10.0 Å². The lowest BCUT2D eigenvalue weighted by molar-refractivity contribution is 0.192. The SMILES string of the molecule is N#Cc1ccc(S(=O)(=O)NC2CCOC2)cc1Cl. The minimum absolute atomic E-state index is 0.0541. The predicted octanol–water partition coefficient (Wildman–Crippen LogP) is 1.28. The van der Waals surface area contributed by atoms with Gasteiger partial charge < -0.3 is 4.74 Å². The van der Waals surface area contributed by atoms with E-state index in [1.165, 1.54) is 18.2 Å². The normalized spacial score (nSPS) is 19.7. The van der Waals surface area contributed by atoms with Gasteiger partial charge in [-0.15, -0.1) is 0 Å². The third-order valence-electron chi connectivity index (χ3n) is 2.62.